The van der Waals surface area contributed by atoms with Crippen molar-refractivity contribution in [2.75, 3.05) is 33.2 Å². The lowest BCUT2D eigenvalue weighted by atomic mass is 9.91. The van der Waals surface area contributed by atoms with Crippen LogP contribution < -0.4 is 0 Å². The Morgan fingerprint density at radius 2 is 1.84 bits per heavy atom. The Hall–Kier alpha value is -2.17. The molecule has 0 spiro atoms. The molecule has 1 aromatic heterocycles. The highest BCUT2D eigenvalue weighted by Crippen LogP contribution is 2.27. The van der Waals surface area contributed by atoms with Gasteiger partial charge in [-0.1, -0.05) is 24.3 Å². The van der Waals surface area contributed by atoms with E-state index < -0.39 is 0 Å². The number of carbonyl (C=O) groups is 1. The minimum atomic E-state index is 0.218. The smallest absolute Gasteiger partial charge is 0.254 e. The van der Waals surface area contributed by atoms with Crippen LogP contribution in [0.25, 0.3) is 10.1 Å². The predicted molar refractivity (Wildman–Crippen MR) is 132 cm³/mol. The molecule has 0 unspecified atom stereocenters. The van der Waals surface area contributed by atoms with Crippen LogP contribution in [0.15, 0.2) is 41.8 Å². The number of nitrogens with zero attached hydrogens (tertiary/aromatic N) is 2. The van der Waals surface area contributed by atoms with Crippen LogP contribution in [0.5, 0.6) is 0 Å². The van der Waals surface area contributed by atoms with E-state index >= 15 is 0 Å². The number of amides is 1. The summed E-state index contributed by atoms with van der Waals surface area (Å²) in [7, 11) is 2.21. The second kappa shape index (κ2) is 9.97. The molecule has 1 amide bonds. The standard InChI is InChI=1S/C27H34N2OS/c1-20-12-13-25-23(21(20)2)14-18-29(27(25)30)17-8-16-28(3)15-7-6-9-22-19-31-26-11-5-4-10-24(22)26/h4-5,10-13,19H,6-9,14-18H2,1-3H3. The third kappa shape index (κ3) is 5.02. The highest BCUT2D eigenvalue weighted by Gasteiger charge is 2.25. The highest BCUT2D eigenvalue weighted by atomic mass is 32.1. The van der Waals surface area contributed by atoms with E-state index in [0.29, 0.717) is 0 Å². The van der Waals surface area contributed by atoms with Crippen LogP contribution in [0.1, 0.15) is 51.9 Å². The van der Waals surface area contributed by atoms with Gasteiger partial charge in [-0.3, -0.25) is 4.79 Å². The average molecular weight is 435 g/mol. The summed E-state index contributed by atoms with van der Waals surface area (Å²) in [4.78, 5) is 17.4. The second-order valence-corrected chi connectivity index (χ2v) is 9.86. The summed E-state index contributed by atoms with van der Waals surface area (Å²) < 4.78 is 1.40. The first-order chi connectivity index (χ1) is 15.0. The molecule has 2 aromatic carbocycles. The molecule has 0 saturated carbocycles. The average Bonchev–Trinajstić information content (AvgIpc) is 3.18. The van der Waals surface area contributed by atoms with Gasteiger partial charge in [0.25, 0.3) is 5.91 Å². The molecular formula is C27H34N2OS. The molecule has 2 heterocycles. The summed E-state index contributed by atoms with van der Waals surface area (Å²) in [6, 6.07) is 12.8. The molecule has 0 radical (unpaired) electrons. The number of rotatable bonds is 9. The maximum Gasteiger partial charge on any atom is 0.254 e. The fourth-order valence-electron chi connectivity index (χ4n) is 4.70. The zero-order valence-corrected chi connectivity index (χ0v) is 19.9. The molecule has 0 N–H and O–H groups in total. The van der Waals surface area contributed by atoms with Gasteiger partial charge in [0.2, 0.25) is 0 Å². The first-order valence-corrected chi connectivity index (χ1v) is 12.4. The number of hydrogen-bond donors (Lipinski definition) is 0. The Bertz CT molecular complexity index is 1050. The lowest BCUT2D eigenvalue weighted by Gasteiger charge is -2.30. The quantitative estimate of drug-likeness (QED) is 0.394. The molecule has 4 heteroatoms. The topological polar surface area (TPSA) is 23.6 Å². The summed E-state index contributed by atoms with van der Waals surface area (Å²) in [5, 5.41) is 3.75. The van der Waals surface area contributed by atoms with Crippen molar-refractivity contribution >= 4 is 27.3 Å². The van der Waals surface area contributed by atoms with Crippen LogP contribution in [0.2, 0.25) is 0 Å². The lowest BCUT2D eigenvalue weighted by Crippen LogP contribution is -2.39. The summed E-state index contributed by atoms with van der Waals surface area (Å²) in [6.45, 7) is 8.16. The van der Waals surface area contributed by atoms with Gasteiger partial charge in [-0.2, -0.15) is 0 Å². The van der Waals surface area contributed by atoms with Gasteiger partial charge in [-0.05, 0) is 111 Å². The van der Waals surface area contributed by atoms with E-state index in [2.05, 4.69) is 61.5 Å². The Kier molecular flexibility index (Phi) is 7.09. The van der Waals surface area contributed by atoms with Crippen molar-refractivity contribution in [1.29, 1.82) is 0 Å². The minimum absolute atomic E-state index is 0.218. The molecule has 0 bridgehead atoms. The minimum Gasteiger partial charge on any atom is -0.338 e. The van der Waals surface area contributed by atoms with Gasteiger partial charge in [0.05, 0.1) is 0 Å². The molecular weight excluding hydrogens is 400 g/mol. The fraction of sp³-hybridized carbons (Fsp3) is 0.444. The van der Waals surface area contributed by atoms with E-state index in [1.54, 1.807) is 0 Å². The highest BCUT2D eigenvalue weighted by molar-refractivity contribution is 7.17. The zero-order valence-electron chi connectivity index (χ0n) is 19.1. The van der Waals surface area contributed by atoms with Crippen LogP contribution in [-0.4, -0.2) is 48.9 Å². The monoisotopic (exact) mass is 434 g/mol. The van der Waals surface area contributed by atoms with Gasteiger partial charge in [0, 0.05) is 23.4 Å². The fourth-order valence-corrected chi connectivity index (χ4v) is 5.69. The summed E-state index contributed by atoms with van der Waals surface area (Å²) >= 11 is 1.86. The maximum atomic E-state index is 12.9. The lowest BCUT2D eigenvalue weighted by molar-refractivity contribution is 0.0733. The first-order valence-electron chi connectivity index (χ1n) is 11.6. The van der Waals surface area contributed by atoms with E-state index in [1.165, 1.54) is 51.6 Å². The van der Waals surface area contributed by atoms with Crippen LogP contribution in [-0.2, 0) is 12.8 Å². The number of benzene rings is 2. The number of fused-ring (bicyclic) bond motifs is 2. The SMILES string of the molecule is Cc1ccc2c(c1C)CCN(CCCN(C)CCCCc1csc3ccccc13)C2=O. The number of carbonyl (C=O) groups excluding carboxylic acids is 1. The van der Waals surface area contributed by atoms with Crippen LogP contribution in [0, 0.1) is 13.8 Å². The van der Waals surface area contributed by atoms with E-state index in [4.69, 9.17) is 0 Å². The van der Waals surface area contributed by atoms with Crippen molar-refractivity contribution in [3.8, 4) is 0 Å². The molecule has 0 saturated heterocycles. The number of hydrogen-bond acceptors (Lipinski definition) is 3. The van der Waals surface area contributed by atoms with Crippen LogP contribution in [0.3, 0.4) is 0 Å². The summed E-state index contributed by atoms with van der Waals surface area (Å²) in [5.41, 5.74) is 6.26. The van der Waals surface area contributed by atoms with Gasteiger partial charge in [0.1, 0.15) is 0 Å². The Morgan fingerprint density at radius 3 is 2.71 bits per heavy atom. The molecule has 1 aliphatic rings. The van der Waals surface area contributed by atoms with Crippen molar-refractivity contribution in [2.45, 2.75) is 46.0 Å². The zero-order chi connectivity index (χ0) is 21.8. The Labute approximate surface area is 190 Å². The van der Waals surface area contributed by atoms with Crippen molar-refractivity contribution in [3.05, 3.63) is 69.6 Å². The third-order valence-electron chi connectivity index (χ3n) is 6.78. The molecule has 0 aliphatic carbocycles. The number of aryl methyl sites for hydroxylation is 2. The molecule has 3 nitrogen and oxygen atoms in total. The number of thiophene rings is 1. The van der Waals surface area contributed by atoms with Gasteiger partial charge in [-0.25, -0.2) is 0 Å². The molecule has 3 aromatic rings. The summed E-state index contributed by atoms with van der Waals surface area (Å²) in [6.07, 6.45) is 5.64. The van der Waals surface area contributed by atoms with E-state index in [0.717, 1.165) is 44.6 Å². The largest absolute Gasteiger partial charge is 0.338 e. The van der Waals surface area contributed by atoms with Crippen LogP contribution in [0.4, 0.5) is 0 Å². The normalized spacial score (nSPS) is 13.9. The van der Waals surface area contributed by atoms with Crippen molar-refractivity contribution in [2.24, 2.45) is 0 Å². The molecule has 4 rings (SSSR count). The van der Waals surface area contributed by atoms with Gasteiger partial charge < -0.3 is 9.80 Å². The molecule has 0 atom stereocenters. The van der Waals surface area contributed by atoms with E-state index in [9.17, 15) is 4.79 Å². The predicted octanol–water partition coefficient (Wildman–Crippen LogP) is 5.86. The van der Waals surface area contributed by atoms with Gasteiger partial charge >= 0.3 is 0 Å². The number of unbranched alkanes of at least 4 members (excludes halogenated alkanes) is 1. The van der Waals surface area contributed by atoms with E-state index in [1.807, 2.05) is 22.3 Å². The van der Waals surface area contributed by atoms with Crippen LogP contribution >= 0.6 is 11.3 Å². The Morgan fingerprint density at radius 1 is 1.03 bits per heavy atom. The van der Waals surface area contributed by atoms with Crippen molar-refractivity contribution < 1.29 is 4.79 Å². The first kappa shape index (κ1) is 22.0. The van der Waals surface area contributed by atoms with Crippen molar-refractivity contribution in [3.63, 3.8) is 0 Å². The molecule has 164 valence electrons. The molecule has 0 fully saturated rings. The Balaban J connectivity index is 1.17. The van der Waals surface area contributed by atoms with Gasteiger partial charge in [-0.15, -0.1) is 11.3 Å². The summed E-state index contributed by atoms with van der Waals surface area (Å²) in [5.74, 6) is 0.218. The molecule has 31 heavy (non-hydrogen) atoms. The van der Waals surface area contributed by atoms with E-state index in [-0.39, 0.29) is 5.91 Å². The van der Waals surface area contributed by atoms with Gasteiger partial charge in [0.15, 0.2) is 0 Å². The maximum absolute atomic E-state index is 12.9. The molecule has 1 aliphatic heterocycles. The van der Waals surface area contributed by atoms with Crippen molar-refractivity contribution in [1.82, 2.24) is 9.80 Å². The second-order valence-electron chi connectivity index (χ2n) is 8.95. The third-order valence-corrected chi connectivity index (χ3v) is 7.80.